The number of hydrogen-bond donors (Lipinski definition) is 0. The maximum absolute atomic E-state index is 6.42. The fraction of sp³-hybridized carbons (Fsp3) is 0. The summed E-state index contributed by atoms with van der Waals surface area (Å²) < 4.78 is 0. The molecule has 0 unspecified atom stereocenters. The highest BCUT2D eigenvalue weighted by atomic mass is 14.2. The van der Waals surface area contributed by atoms with Crippen LogP contribution in [0.25, 0.3) is 87.6 Å². The van der Waals surface area contributed by atoms with Crippen molar-refractivity contribution in [1.82, 2.24) is 0 Å². The molecular weight excluding hydrogens is 607 g/mol. The van der Waals surface area contributed by atoms with Crippen molar-refractivity contribution >= 4 is 110 Å². The summed E-state index contributed by atoms with van der Waals surface area (Å²) in [5, 5.41) is 9.60. The van der Waals surface area contributed by atoms with E-state index in [9.17, 15) is 0 Å². The first kappa shape index (κ1) is 31.3. The van der Waals surface area contributed by atoms with Crippen molar-refractivity contribution in [2.45, 2.75) is 0 Å². The molecule has 9 aromatic carbocycles. The third-order valence-corrected chi connectivity index (χ3v) is 10.3. The Kier molecular flexibility index (Phi) is 7.55. The van der Waals surface area contributed by atoms with E-state index < -0.39 is 0 Å². The first-order valence-electron chi connectivity index (χ1n) is 17.0. The topological polar surface area (TPSA) is 0 Å². The fourth-order valence-corrected chi connectivity index (χ4v) is 7.73. The molecule has 51 heavy (non-hydrogen) atoms. The van der Waals surface area contributed by atoms with Gasteiger partial charge < -0.3 is 0 Å². The average molecular weight is 632 g/mol. The van der Waals surface area contributed by atoms with Crippen molar-refractivity contribution in [2.75, 3.05) is 0 Å². The van der Waals surface area contributed by atoms with Gasteiger partial charge in [0.2, 0.25) is 0 Å². The van der Waals surface area contributed by atoms with E-state index in [2.05, 4.69) is 140 Å². The normalized spacial score (nSPS) is 11.5. The van der Waals surface area contributed by atoms with Gasteiger partial charge in [-0.15, -0.1) is 16.4 Å². The Labute approximate surface area is 304 Å². The standard InChI is InChI=1S/C46H25B5/c47-42-40(43(48)45(50)46(51)44(42)49)29-20-18-28(19-21-29)39-33-11-3-5-13-35(33)41(36-14-6-4-12-34(36)39)37-15-7-10-27-17-23-32(25-38(27)37)31-22-16-26-8-1-2-9-30(26)24-31/h1-25H. The maximum atomic E-state index is 6.42. The molecule has 0 heterocycles. The zero-order valence-corrected chi connectivity index (χ0v) is 27.8. The molecule has 0 atom stereocenters. The second kappa shape index (κ2) is 12.3. The highest BCUT2D eigenvalue weighted by Crippen LogP contribution is 2.45. The van der Waals surface area contributed by atoms with Gasteiger partial charge in [0.05, 0.1) is 0 Å². The summed E-state index contributed by atoms with van der Waals surface area (Å²) >= 11 is 0. The van der Waals surface area contributed by atoms with Crippen LogP contribution in [0.2, 0.25) is 0 Å². The van der Waals surface area contributed by atoms with Crippen LogP contribution in [0.4, 0.5) is 0 Å². The number of rotatable bonds is 4. The lowest BCUT2D eigenvalue weighted by Crippen LogP contribution is -2.55. The molecule has 0 spiro atoms. The van der Waals surface area contributed by atoms with Crippen LogP contribution in [-0.2, 0) is 0 Å². The van der Waals surface area contributed by atoms with Gasteiger partial charge in [0.25, 0.3) is 0 Å². The van der Waals surface area contributed by atoms with Gasteiger partial charge in [0, 0.05) is 0 Å². The van der Waals surface area contributed by atoms with E-state index in [0.717, 1.165) is 16.7 Å². The summed E-state index contributed by atoms with van der Waals surface area (Å²) in [7, 11) is 31.3. The largest absolute Gasteiger partial charge is 0.113 e. The lowest BCUT2D eigenvalue weighted by molar-refractivity contribution is 1.65. The zero-order valence-electron chi connectivity index (χ0n) is 27.8. The first-order chi connectivity index (χ1) is 24.9. The van der Waals surface area contributed by atoms with Gasteiger partial charge in [-0.1, -0.05) is 150 Å². The summed E-state index contributed by atoms with van der Waals surface area (Å²) in [5.41, 5.74) is 9.79. The predicted molar refractivity (Wildman–Crippen MR) is 225 cm³/mol. The van der Waals surface area contributed by atoms with Crippen molar-refractivity contribution in [2.24, 2.45) is 0 Å². The van der Waals surface area contributed by atoms with Crippen LogP contribution >= 0.6 is 0 Å². The van der Waals surface area contributed by atoms with Gasteiger partial charge in [-0.3, -0.25) is 0 Å². The van der Waals surface area contributed by atoms with Crippen molar-refractivity contribution in [1.29, 1.82) is 0 Å². The van der Waals surface area contributed by atoms with Crippen molar-refractivity contribution in [3.63, 3.8) is 0 Å². The van der Waals surface area contributed by atoms with E-state index in [-0.39, 0.29) is 16.4 Å². The zero-order chi connectivity index (χ0) is 34.8. The minimum Gasteiger partial charge on any atom is -0.112 e. The molecule has 0 aromatic heterocycles. The van der Waals surface area contributed by atoms with E-state index >= 15 is 0 Å². The van der Waals surface area contributed by atoms with Crippen molar-refractivity contribution < 1.29 is 0 Å². The molecule has 9 aromatic rings. The van der Waals surface area contributed by atoms with Gasteiger partial charge in [-0.05, 0) is 99.7 Å². The highest BCUT2D eigenvalue weighted by Gasteiger charge is 2.19. The lowest BCUT2D eigenvalue weighted by Gasteiger charge is -2.22. The Morgan fingerprint density at radius 1 is 0.255 bits per heavy atom. The Bertz CT molecular complexity index is 2770. The van der Waals surface area contributed by atoms with Crippen molar-refractivity contribution in [3.8, 4) is 44.5 Å². The molecule has 0 fully saturated rings. The molecule has 0 aliphatic rings. The SMILES string of the molecule is [B]c1c([B])c([B])c(-c2ccc(-c3c4ccccc4c(-c4cccc5ccc(-c6ccc7ccccc7c6)cc45)c4ccccc34)cc2)c([B])c1[B]. The molecule has 5 heteroatoms. The van der Waals surface area contributed by atoms with Gasteiger partial charge in [0.1, 0.15) is 39.2 Å². The van der Waals surface area contributed by atoms with Crippen LogP contribution < -0.4 is 27.3 Å². The molecule has 0 aliphatic heterocycles. The second-order valence-corrected chi connectivity index (χ2v) is 13.2. The van der Waals surface area contributed by atoms with Gasteiger partial charge in [-0.25, -0.2) is 0 Å². The molecule has 0 amide bonds. The Hall–Kier alpha value is -5.66. The van der Waals surface area contributed by atoms with Crippen LogP contribution in [0.3, 0.4) is 0 Å². The molecule has 0 bridgehead atoms. The molecule has 10 radical (unpaired) electrons. The highest BCUT2D eigenvalue weighted by molar-refractivity contribution is 6.68. The smallest absolute Gasteiger partial charge is 0.112 e. The summed E-state index contributed by atoms with van der Waals surface area (Å²) in [6, 6.07) is 54.3. The van der Waals surface area contributed by atoms with Crippen LogP contribution in [0, 0.1) is 0 Å². The van der Waals surface area contributed by atoms with Crippen LogP contribution in [0.1, 0.15) is 0 Å². The van der Waals surface area contributed by atoms with E-state index in [1.165, 1.54) is 65.3 Å². The molecule has 0 aliphatic carbocycles. The molecule has 0 N–H and O–H groups in total. The molecule has 0 saturated heterocycles. The van der Waals surface area contributed by atoms with E-state index in [0.29, 0.717) is 16.5 Å². The fourth-order valence-electron chi connectivity index (χ4n) is 7.73. The second-order valence-electron chi connectivity index (χ2n) is 13.2. The van der Waals surface area contributed by atoms with E-state index in [1.54, 1.807) is 0 Å². The monoisotopic (exact) mass is 632 g/mol. The summed E-state index contributed by atoms with van der Waals surface area (Å²) in [4.78, 5) is 0. The minimum absolute atomic E-state index is 0.208. The predicted octanol–water partition coefficient (Wildman–Crippen LogP) is 6.94. The molecule has 0 nitrogen and oxygen atoms in total. The van der Waals surface area contributed by atoms with Crippen LogP contribution in [0.5, 0.6) is 0 Å². The molecule has 9 rings (SSSR count). The number of fused-ring (bicyclic) bond motifs is 4. The van der Waals surface area contributed by atoms with Gasteiger partial charge in [0.15, 0.2) is 0 Å². The first-order valence-corrected chi connectivity index (χ1v) is 17.0. The number of benzene rings is 9. The molecular formula is C46H25B5. The summed E-state index contributed by atoms with van der Waals surface area (Å²) in [6.45, 7) is 0. The van der Waals surface area contributed by atoms with Crippen molar-refractivity contribution in [3.05, 3.63) is 152 Å². The van der Waals surface area contributed by atoms with E-state index in [4.69, 9.17) is 39.2 Å². The van der Waals surface area contributed by atoms with Crippen LogP contribution in [0.15, 0.2) is 152 Å². The molecule has 0 saturated carbocycles. The van der Waals surface area contributed by atoms with Crippen LogP contribution in [-0.4, -0.2) is 39.2 Å². The lowest BCUT2D eigenvalue weighted by atomic mass is 9.59. The minimum atomic E-state index is 0.208. The third-order valence-electron chi connectivity index (χ3n) is 10.3. The average Bonchev–Trinajstić information content (AvgIpc) is 3.18. The number of hydrogen-bond acceptors (Lipinski definition) is 0. The Morgan fingerprint density at radius 2 is 0.686 bits per heavy atom. The Morgan fingerprint density at radius 3 is 1.29 bits per heavy atom. The maximum Gasteiger partial charge on any atom is 0.113 e. The quantitative estimate of drug-likeness (QED) is 0.146. The van der Waals surface area contributed by atoms with E-state index in [1.807, 2.05) is 12.1 Å². The summed E-state index contributed by atoms with van der Waals surface area (Å²) in [6.07, 6.45) is 0. The Balaban J connectivity index is 1.25. The summed E-state index contributed by atoms with van der Waals surface area (Å²) in [5.74, 6) is 0. The molecule has 224 valence electrons. The van der Waals surface area contributed by atoms with Gasteiger partial charge >= 0.3 is 0 Å². The van der Waals surface area contributed by atoms with Gasteiger partial charge in [-0.2, -0.15) is 0 Å². The third kappa shape index (κ3) is 5.06.